The number of hydrogen-bond donors (Lipinski definition) is 2. The van der Waals surface area contributed by atoms with Crippen LogP contribution in [0.1, 0.15) is 40.0 Å². The Bertz CT molecular complexity index is 867. The lowest BCUT2D eigenvalue weighted by molar-refractivity contribution is -0.116. The maximum Gasteiger partial charge on any atom is 0.225 e. The number of carbonyl (C=O) groups is 1. The van der Waals surface area contributed by atoms with Gasteiger partial charge in [-0.05, 0) is 43.4 Å². The summed E-state index contributed by atoms with van der Waals surface area (Å²) < 4.78 is 5.36. The first kappa shape index (κ1) is 18.4. The third kappa shape index (κ3) is 3.90. The first-order valence-electron chi connectivity index (χ1n) is 8.68. The van der Waals surface area contributed by atoms with E-state index >= 15 is 0 Å². The van der Waals surface area contributed by atoms with Gasteiger partial charge < -0.3 is 15.2 Å². The molecule has 3 rings (SSSR count). The lowest BCUT2D eigenvalue weighted by atomic mass is 9.94. The van der Waals surface area contributed by atoms with Crippen molar-refractivity contribution in [1.82, 2.24) is 0 Å². The highest BCUT2D eigenvalue weighted by molar-refractivity contribution is 7.16. The Labute approximate surface area is 157 Å². The Morgan fingerprint density at radius 1 is 1.50 bits per heavy atom. The van der Waals surface area contributed by atoms with Crippen LogP contribution in [0.15, 0.2) is 18.2 Å². The van der Waals surface area contributed by atoms with Crippen molar-refractivity contribution in [2.75, 3.05) is 12.4 Å². The first-order valence-corrected chi connectivity index (χ1v) is 9.49. The molecular weight excluding hydrogens is 348 g/mol. The van der Waals surface area contributed by atoms with Crippen LogP contribution in [0.2, 0.25) is 0 Å². The average Bonchev–Trinajstić information content (AvgIpc) is 2.95. The molecule has 1 heterocycles. The normalized spacial score (nSPS) is 15.8. The van der Waals surface area contributed by atoms with Crippen molar-refractivity contribution in [3.05, 3.63) is 45.3 Å². The molecule has 1 aromatic heterocycles. The summed E-state index contributed by atoms with van der Waals surface area (Å²) in [5.74, 6) is 0.658. The molecule has 1 atom stereocenters. The maximum absolute atomic E-state index is 12.4. The fraction of sp³-hybridized carbons (Fsp3) is 0.400. The predicted octanol–water partition coefficient (Wildman–Crippen LogP) is 3.36. The summed E-state index contributed by atoms with van der Waals surface area (Å²) in [4.78, 5) is 13.4. The second-order valence-electron chi connectivity index (χ2n) is 6.58. The number of aliphatic hydroxyl groups excluding tert-OH is 1. The minimum atomic E-state index is -0.356. The van der Waals surface area contributed by atoms with Crippen molar-refractivity contribution in [2.45, 2.75) is 45.1 Å². The van der Waals surface area contributed by atoms with E-state index in [0.717, 1.165) is 27.3 Å². The zero-order chi connectivity index (χ0) is 18.7. The molecule has 136 valence electrons. The molecular formula is C20H22N2O3S. The number of thiophene rings is 1. The summed E-state index contributed by atoms with van der Waals surface area (Å²) in [6, 6.07) is 8.13. The fourth-order valence-corrected chi connectivity index (χ4v) is 4.60. The number of nitriles is 1. The number of rotatable bonds is 5. The number of amides is 1. The SMILES string of the molecule is COc1ccc(C)cc1CCC(=O)Nc1sc2c(c1C#N)CCC(O)C2. The van der Waals surface area contributed by atoms with E-state index in [9.17, 15) is 15.2 Å². The number of nitrogens with zero attached hydrogens (tertiary/aromatic N) is 1. The van der Waals surface area contributed by atoms with Crippen molar-refractivity contribution >= 4 is 22.2 Å². The van der Waals surface area contributed by atoms with Crippen molar-refractivity contribution in [3.8, 4) is 11.8 Å². The molecule has 2 N–H and O–H groups in total. The summed E-state index contributed by atoms with van der Waals surface area (Å²) in [6.07, 6.45) is 2.44. The molecule has 0 bridgehead atoms. The lowest BCUT2D eigenvalue weighted by Gasteiger charge is -2.16. The average molecular weight is 370 g/mol. The van der Waals surface area contributed by atoms with E-state index in [1.807, 2.05) is 25.1 Å². The largest absolute Gasteiger partial charge is 0.496 e. The zero-order valence-electron chi connectivity index (χ0n) is 15.0. The number of ether oxygens (including phenoxy) is 1. The van der Waals surface area contributed by atoms with Crippen molar-refractivity contribution in [1.29, 1.82) is 5.26 Å². The van der Waals surface area contributed by atoms with Crippen LogP contribution in [-0.4, -0.2) is 24.2 Å². The van der Waals surface area contributed by atoms with Gasteiger partial charge in [0.2, 0.25) is 5.91 Å². The Morgan fingerprint density at radius 3 is 3.04 bits per heavy atom. The van der Waals surface area contributed by atoms with E-state index in [4.69, 9.17) is 4.74 Å². The van der Waals surface area contributed by atoms with E-state index in [0.29, 0.717) is 42.7 Å². The Hall–Kier alpha value is -2.36. The number of carbonyl (C=O) groups excluding carboxylic acids is 1. The highest BCUT2D eigenvalue weighted by atomic mass is 32.1. The second-order valence-corrected chi connectivity index (χ2v) is 7.68. The van der Waals surface area contributed by atoms with Crippen molar-refractivity contribution in [2.24, 2.45) is 0 Å². The van der Waals surface area contributed by atoms with Gasteiger partial charge in [0.15, 0.2) is 0 Å². The van der Waals surface area contributed by atoms with Gasteiger partial charge in [-0.2, -0.15) is 5.26 Å². The van der Waals surface area contributed by atoms with Gasteiger partial charge in [0, 0.05) is 17.7 Å². The molecule has 5 nitrogen and oxygen atoms in total. The molecule has 1 amide bonds. The monoisotopic (exact) mass is 370 g/mol. The van der Waals surface area contributed by atoms with Crippen LogP contribution < -0.4 is 10.1 Å². The fourth-order valence-electron chi connectivity index (χ4n) is 3.31. The van der Waals surface area contributed by atoms with Gasteiger partial charge in [0.05, 0.1) is 18.8 Å². The zero-order valence-corrected chi connectivity index (χ0v) is 15.8. The summed E-state index contributed by atoms with van der Waals surface area (Å²) >= 11 is 1.41. The topological polar surface area (TPSA) is 82.3 Å². The molecule has 0 radical (unpaired) electrons. The van der Waals surface area contributed by atoms with E-state index in [1.54, 1.807) is 7.11 Å². The standard InChI is InChI=1S/C20H22N2O3S/c1-12-3-7-17(25-2)13(9-12)4-8-19(24)22-20-16(11-21)15-6-5-14(23)10-18(15)26-20/h3,7,9,14,23H,4-6,8,10H2,1-2H3,(H,22,24). The van der Waals surface area contributed by atoms with Gasteiger partial charge in [-0.1, -0.05) is 17.7 Å². The van der Waals surface area contributed by atoms with Crippen molar-refractivity contribution < 1.29 is 14.6 Å². The molecule has 1 unspecified atom stereocenters. The summed E-state index contributed by atoms with van der Waals surface area (Å²) in [6.45, 7) is 2.01. The molecule has 0 aliphatic heterocycles. The van der Waals surface area contributed by atoms with Crippen LogP contribution in [0.3, 0.4) is 0 Å². The van der Waals surface area contributed by atoms with Gasteiger partial charge in [0.1, 0.15) is 16.8 Å². The number of hydrogen-bond acceptors (Lipinski definition) is 5. The van der Waals surface area contributed by atoms with E-state index in [2.05, 4.69) is 11.4 Å². The minimum absolute atomic E-state index is 0.121. The third-order valence-electron chi connectivity index (χ3n) is 4.66. The van der Waals surface area contributed by atoms with Crippen LogP contribution >= 0.6 is 11.3 Å². The number of fused-ring (bicyclic) bond motifs is 1. The highest BCUT2D eigenvalue weighted by Gasteiger charge is 2.25. The van der Waals surface area contributed by atoms with Crippen LogP contribution in [0.25, 0.3) is 0 Å². The van der Waals surface area contributed by atoms with Gasteiger partial charge in [-0.25, -0.2) is 0 Å². The predicted molar refractivity (Wildman–Crippen MR) is 102 cm³/mol. The summed E-state index contributed by atoms with van der Waals surface area (Å²) in [5, 5.41) is 22.8. The van der Waals surface area contributed by atoms with Gasteiger partial charge in [0.25, 0.3) is 0 Å². The van der Waals surface area contributed by atoms with Crippen LogP contribution in [0, 0.1) is 18.3 Å². The smallest absolute Gasteiger partial charge is 0.225 e. The molecule has 1 aliphatic rings. The first-order chi connectivity index (χ1) is 12.5. The molecule has 1 aliphatic carbocycles. The van der Waals surface area contributed by atoms with Crippen LogP contribution in [0.4, 0.5) is 5.00 Å². The number of aryl methyl sites for hydroxylation is 2. The number of methoxy groups -OCH3 is 1. The molecule has 1 aromatic carbocycles. The summed E-state index contributed by atoms with van der Waals surface area (Å²) in [7, 11) is 1.62. The highest BCUT2D eigenvalue weighted by Crippen LogP contribution is 2.37. The summed E-state index contributed by atoms with van der Waals surface area (Å²) in [5.41, 5.74) is 3.66. The molecule has 0 saturated heterocycles. The van der Waals surface area contributed by atoms with Gasteiger partial charge >= 0.3 is 0 Å². The maximum atomic E-state index is 12.4. The molecule has 0 saturated carbocycles. The third-order valence-corrected chi connectivity index (χ3v) is 5.83. The van der Waals surface area contributed by atoms with Crippen LogP contribution in [-0.2, 0) is 24.1 Å². The molecule has 6 heteroatoms. The number of anilines is 1. The Morgan fingerprint density at radius 2 is 2.31 bits per heavy atom. The Balaban J connectivity index is 1.70. The van der Waals surface area contributed by atoms with Gasteiger partial charge in [-0.3, -0.25) is 4.79 Å². The molecule has 26 heavy (non-hydrogen) atoms. The van der Waals surface area contributed by atoms with Crippen molar-refractivity contribution in [3.63, 3.8) is 0 Å². The van der Waals surface area contributed by atoms with Crippen LogP contribution in [0.5, 0.6) is 5.75 Å². The number of nitrogens with one attached hydrogen (secondary N) is 1. The van der Waals surface area contributed by atoms with Gasteiger partial charge in [-0.15, -0.1) is 11.3 Å². The number of aliphatic hydroxyl groups is 1. The Kier molecular flexibility index (Phi) is 5.60. The number of benzene rings is 1. The quantitative estimate of drug-likeness (QED) is 0.845. The lowest BCUT2D eigenvalue weighted by Crippen LogP contribution is -2.17. The van der Waals surface area contributed by atoms with E-state index in [-0.39, 0.29) is 12.0 Å². The van der Waals surface area contributed by atoms with E-state index < -0.39 is 0 Å². The minimum Gasteiger partial charge on any atom is -0.496 e. The van der Waals surface area contributed by atoms with E-state index in [1.165, 1.54) is 11.3 Å². The molecule has 2 aromatic rings. The molecule has 0 spiro atoms. The second kappa shape index (κ2) is 7.90. The molecule has 0 fully saturated rings.